The maximum atomic E-state index is 2.64. The summed E-state index contributed by atoms with van der Waals surface area (Å²) in [6.07, 6.45) is 3.42. The largest absolute Gasteiger partial charge is 0.350 e. The van der Waals surface area contributed by atoms with E-state index in [1.807, 2.05) is 0 Å². The second kappa shape index (κ2) is 6.89. The lowest BCUT2D eigenvalue weighted by Gasteiger charge is -2.31. The minimum atomic E-state index is 0.320. The van der Waals surface area contributed by atoms with Crippen molar-refractivity contribution < 1.29 is 0 Å². The lowest BCUT2D eigenvalue weighted by atomic mass is 10.00. The van der Waals surface area contributed by atoms with Gasteiger partial charge in [-0.05, 0) is 54.7 Å². The quantitative estimate of drug-likeness (QED) is 0.648. The van der Waals surface area contributed by atoms with Crippen LogP contribution in [0.15, 0.2) is 66.9 Å². The number of benzene rings is 2. The average Bonchev–Trinajstić information content (AvgIpc) is 3.00. The number of hydrogen-bond donors (Lipinski definition) is 0. The van der Waals surface area contributed by atoms with E-state index in [-0.39, 0.29) is 0 Å². The molecule has 0 amide bonds. The first-order valence-electron chi connectivity index (χ1n) is 9.22. The lowest BCUT2D eigenvalue weighted by Crippen LogP contribution is -2.29. The van der Waals surface area contributed by atoms with Crippen LogP contribution in [-0.2, 0) is 13.1 Å². The van der Waals surface area contributed by atoms with Gasteiger partial charge in [0.15, 0.2) is 0 Å². The van der Waals surface area contributed by atoms with Crippen molar-refractivity contribution in [3.63, 3.8) is 0 Å². The van der Waals surface area contributed by atoms with Crippen molar-refractivity contribution in [2.24, 2.45) is 0 Å². The molecule has 0 N–H and O–H groups in total. The molecule has 128 valence electrons. The van der Waals surface area contributed by atoms with Gasteiger partial charge in [-0.3, -0.25) is 4.90 Å². The molecular formula is C23H26N2. The van der Waals surface area contributed by atoms with Crippen molar-refractivity contribution in [3.8, 4) is 0 Å². The summed E-state index contributed by atoms with van der Waals surface area (Å²) in [5, 5.41) is 0. The number of fused-ring (bicyclic) bond motifs is 1. The zero-order chi connectivity index (χ0) is 17.2. The van der Waals surface area contributed by atoms with Crippen molar-refractivity contribution in [1.82, 2.24) is 9.47 Å². The first kappa shape index (κ1) is 16.2. The summed E-state index contributed by atoms with van der Waals surface area (Å²) in [7, 11) is 0. The lowest BCUT2D eigenvalue weighted by molar-refractivity contribution is 0.220. The molecule has 2 heterocycles. The predicted molar refractivity (Wildman–Crippen MR) is 104 cm³/mol. The Morgan fingerprint density at radius 3 is 2.52 bits per heavy atom. The van der Waals surface area contributed by atoms with Crippen LogP contribution in [0.3, 0.4) is 0 Å². The molecular weight excluding hydrogens is 304 g/mol. The van der Waals surface area contributed by atoms with E-state index < -0.39 is 0 Å². The van der Waals surface area contributed by atoms with E-state index in [0.717, 1.165) is 19.6 Å². The minimum absolute atomic E-state index is 0.320. The van der Waals surface area contributed by atoms with Gasteiger partial charge < -0.3 is 4.57 Å². The highest BCUT2D eigenvalue weighted by Crippen LogP contribution is 2.33. The van der Waals surface area contributed by atoms with Gasteiger partial charge in [0, 0.05) is 31.5 Å². The molecule has 0 bridgehead atoms. The minimum Gasteiger partial charge on any atom is -0.350 e. The van der Waals surface area contributed by atoms with Crippen LogP contribution in [0, 0.1) is 13.8 Å². The van der Waals surface area contributed by atoms with E-state index in [4.69, 9.17) is 0 Å². The fourth-order valence-electron chi connectivity index (χ4n) is 3.96. The molecule has 2 nitrogen and oxygen atoms in total. The molecule has 0 aliphatic carbocycles. The molecule has 3 aromatic rings. The van der Waals surface area contributed by atoms with Gasteiger partial charge in [-0.2, -0.15) is 0 Å². The van der Waals surface area contributed by atoms with E-state index in [0.29, 0.717) is 6.04 Å². The van der Waals surface area contributed by atoms with Crippen LogP contribution < -0.4 is 0 Å². The molecule has 2 aromatic carbocycles. The predicted octanol–water partition coefficient (Wildman–Crippen LogP) is 5.10. The highest BCUT2D eigenvalue weighted by atomic mass is 15.2. The van der Waals surface area contributed by atoms with Crippen molar-refractivity contribution in [2.45, 2.75) is 39.4 Å². The van der Waals surface area contributed by atoms with E-state index in [1.54, 1.807) is 0 Å². The molecule has 1 aliphatic heterocycles. The molecule has 0 radical (unpaired) electrons. The Labute approximate surface area is 150 Å². The van der Waals surface area contributed by atoms with Gasteiger partial charge in [-0.1, -0.05) is 48.5 Å². The van der Waals surface area contributed by atoms with Crippen molar-refractivity contribution >= 4 is 0 Å². The normalized spacial score (nSPS) is 17.9. The molecule has 0 saturated carbocycles. The van der Waals surface area contributed by atoms with Crippen LogP contribution in [0.5, 0.6) is 0 Å². The van der Waals surface area contributed by atoms with Crippen molar-refractivity contribution in [1.29, 1.82) is 0 Å². The number of nitrogens with zero attached hydrogens (tertiary/aromatic N) is 2. The van der Waals surface area contributed by atoms with E-state index >= 15 is 0 Å². The first-order chi connectivity index (χ1) is 12.2. The Bertz CT molecular complexity index is 848. The summed E-state index contributed by atoms with van der Waals surface area (Å²) >= 11 is 0. The monoisotopic (exact) mass is 330 g/mol. The second-order valence-corrected chi connectivity index (χ2v) is 7.18. The molecule has 1 aliphatic rings. The Kier molecular flexibility index (Phi) is 4.46. The van der Waals surface area contributed by atoms with Gasteiger partial charge in [-0.15, -0.1) is 0 Å². The third-order valence-electron chi connectivity index (χ3n) is 5.43. The van der Waals surface area contributed by atoms with Crippen LogP contribution in [-0.4, -0.2) is 16.0 Å². The topological polar surface area (TPSA) is 8.17 Å². The summed E-state index contributed by atoms with van der Waals surface area (Å²) in [5.41, 5.74) is 6.95. The number of aryl methyl sites for hydroxylation is 3. The van der Waals surface area contributed by atoms with E-state index in [9.17, 15) is 0 Å². The Morgan fingerprint density at radius 1 is 0.880 bits per heavy atom. The van der Waals surface area contributed by atoms with Crippen LogP contribution in [0.4, 0.5) is 0 Å². The molecule has 25 heavy (non-hydrogen) atoms. The zero-order valence-corrected chi connectivity index (χ0v) is 15.2. The van der Waals surface area contributed by atoms with Gasteiger partial charge in [-0.25, -0.2) is 0 Å². The molecule has 0 spiro atoms. The Balaban J connectivity index is 1.72. The third kappa shape index (κ3) is 3.27. The SMILES string of the molecule is Cc1ccc(CN2CCCn3cccc3[C@@H]2c2ccccc2)cc1C. The highest BCUT2D eigenvalue weighted by Gasteiger charge is 2.27. The number of hydrogen-bond acceptors (Lipinski definition) is 1. The highest BCUT2D eigenvalue weighted by molar-refractivity contribution is 5.32. The summed E-state index contributed by atoms with van der Waals surface area (Å²) in [4.78, 5) is 2.64. The summed E-state index contributed by atoms with van der Waals surface area (Å²) in [6, 6.07) is 22.6. The summed E-state index contributed by atoms with van der Waals surface area (Å²) in [6.45, 7) is 7.61. The fraction of sp³-hybridized carbons (Fsp3) is 0.304. The van der Waals surface area contributed by atoms with Crippen molar-refractivity contribution in [3.05, 3.63) is 94.8 Å². The number of rotatable bonds is 3. The van der Waals surface area contributed by atoms with Gasteiger partial charge in [0.05, 0.1) is 6.04 Å². The molecule has 0 fully saturated rings. The molecule has 1 aromatic heterocycles. The zero-order valence-electron chi connectivity index (χ0n) is 15.2. The van der Waals surface area contributed by atoms with Gasteiger partial charge in [0.2, 0.25) is 0 Å². The van der Waals surface area contributed by atoms with E-state index in [1.165, 1.54) is 34.4 Å². The standard InChI is InChI=1S/C23H26N2/c1-18-11-12-20(16-19(18)2)17-25-15-7-14-24-13-6-10-22(24)23(25)21-8-4-3-5-9-21/h3-6,8-13,16,23H,7,14-15,17H2,1-2H3/t23-/m0/s1. The fourth-order valence-corrected chi connectivity index (χ4v) is 3.96. The molecule has 0 unspecified atom stereocenters. The first-order valence-corrected chi connectivity index (χ1v) is 9.22. The van der Waals surface area contributed by atoms with Gasteiger partial charge in [0.25, 0.3) is 0 Å². The smallest absolute Gasteiger partial charge is 0.0759 e. The third-order valence-corrected chi connectivity index (χ3v) is 5.43. The van der Waals surface area contributed by atoms with Gasteiger partial charge in [0.1, 0.15) is 0 Å². The van der Waals surface area contributed by atoms with Gasteiger partial charge >= 0.3 is 0 Å². The van der Waals surface area contributed by atoms with Crippen LogP contribution in [0.25, 0.3) is 0 Å². The molecule has 4 rings (SSSR count). The molecule has 2 heteroatoms. The maximum absolute atomic E-state index is 2.64. The van der Waals surface area contributed by atoms with E-state index in [2.05, 4.69) is 90.2 Å². The number of aromatic nitrogens is 1. The van der Waals surface area contributed by atoms with Crippen LogP contribution in [0.1, 0.15) is 40.4 Å². The summed E-state index contributed by atoms with van der Waals surface area (Å²) in [5.74, 6) is 0. The summed E-state index contributed by atoms with van der Waals surface area (Å²) < 4.78 is 2.43. The second-order valence-electron chi connectivity index (χ2n) is 7.18. The Hall–Kier alpha value is -2.32. The average molecular weight is 330 g/mol. The van der Waals surface area contributed by atoms with Crippen LogP contribution in [0.2, 0.25) is 0 Å². The maximum Gasteiger partial charge on any atom is 0.0759 e. The Morgan fingerprint density at radius 2 is 1.72 bits per heavy atom. The molecule has 0 saturated heterocycles. The van der Waals surface area contributed by atoms with Crippen molar-refractivity contribution in [2.75, 3.05) is 6.54 Å². The molecule has 1 atom stereocenters. The van der Waals surface area contributed by atoms with Crippen LogP contribution >= 0.6 is 0 Å².